The largest absolute Gasteiger partial charge is 0.147 e. The van der Waals surface area contributed by atoms with E-state index in [0.29, 0.717) is 0 Å². The fraction of sp³-hybridized carbons (Fsp3) is 0.478. The average molecular weight is 470 g/mol. The van der Waals surface area contributed by atoms with Crippen molar-refractivity contribution in [1.29, 1.82) is 0 Å². The summed E-state index contributed by atoms with van der Waals surface area (Å²) in [6, 6.07) is 7.41. The molecule has 3 heteroatoms. The molecule has 1 aliphatic carbocycles. The predicted molar refractivity (Wildman–Crippen MR) is 116 cm³/mol. The van der Waals surface area contributed by atoms with E-state index in [4.69, 9.17) is 0 Å². The maximum atomic E-state index is 2.49. The van der Waals surface area contributed by atoms with E-state index in [2.05, 4.69) is 73.6 Å². The summed E-state index contributed by atoms with van der Waals surface area (Å²) in [6.45, 7) is 18.6. The molecule has 0 amide bonds. The van der Waals surface area contributed by atoms with Crippen LogP contribution in [0.3, 0.4) is 0 Å². The van der Waals surface area contributed by atoms with Gasteiger partial charge in [-0.15, -0.1) is 24.8 Å². The van der Waals surface area contributed by atoms with Crippen molar-refractivity contribution in [2.24, 2.45) is 0 Å². The van der Waals surface area contributed by atoms with Crippen LogP contribution in [0.5, 0.6) is 0 Å². The van der Waals surface area contributed by atoms with Gasteiger partial charge in [0.15, 0.2) is 0 Å². The molecule has 0 saturated heterocycles. The second kappa shape index (κ2) is 7.73. The minimum absolute atomic E-state index is 0. The van der Waals surface area contributed by atoms with Crippen LogP contribution in [0, 0.1) is 13.8 Å². The Balaban J connectivity index is 0.00000169. The van der Waals surface area contributed by atoms with E-state index in [1.54, 1.807) is 33.6 Å². The van der Waals surface area contributed by atoms with Gasteiger partial charge in [0.25, 0.3) is 0 Å². The second-order valence-electron chi connectivity index (χ2n) is 9.45. The molecule has 0 fully saturated rings. The molecular weight excluding hydrogens is 438 g/mol. The third kappa shape index (κ3) is 4.01. The normalized spacial score (nSPS) is 12.7. The van der Waals surface area contributed by atoms with Crippen molar-refractivity contribution in [3.63, 3.8) is 0 Å². The van der Waals surface area contributed by atoms with E-state index in [1.165, 1.54) is 38.9 Å². The van der Waals surface area contributed by atoms with Crippen molar-refractivity contribution in [3.05, 3.63) is 51.6 Å². The first-order chi connectivity index (χ1) is 10.9. The van der Waals surface area contributed by atoms with Gasteiger partial charge in [-0.05, 0) is 0 Å². The topological polar surface area (TPSA) is 0 Å². The van der Waals surface area contributed by atoms with Gasteiger partial charge in [0.2, 0.25) is 0 Å². The van der Waals surface area contributed by atoms with E-state index < -0.39 is 0 Å². The first-order valence-corrected chi connectivity index (χ1v) is 10.2. The van der Waals surface area contributed by atoms with E-state index in [0.717, 1.165) is 6.42 Å². The molecule has 0 N–H and O–H groups in total. The van der Waals surface area contributed by atoms with Crippen LogP contribution >= 0.6 is 24.8 Å². The number of hydrogen-bond acceptors (Lipinski definition) is 0. The van der Waals surface area contributed by atoms with Gasteiger partial charge in [0, 0.05) is 0 Å². The Hall–Kier alpha value is -0.0969. The zero-order valence-corrected chi connectivity index (χ0v) is 21.3. The Morgan fingerprint density at radius 3 is 1.77 bits per heavy atom. The molecule has 1 aliphatic rings. The molecule has 26 heavy (non-hydrogen) atoms. The summed E-state index contributed by atoms with van der Waals surface area (Å²) in [5.41, 5.74) is 12.4. The molecule has 0 nitrogen and oxygen atoms in total. The Morgan fingerprint density at radius 1 is 0.769 bits per heavy atom. The molecular formula is C23H31Cl2Zr. The van der Waals surface area contributed by atoms with Gasteiger partial charge in [0.05, 0.1) is 0 Å². The van der Waals surface area contributed by atoms with Crippen molar-refractivity contribution < 1.29 is 24.7 Å². The van der Waals surface area contributed by atoms with E-state index in [-0.39, 0.29) is 35.6 Å². The minimum Gasteiger partial charge on any atom is -0.147 e. The van der Waals surface area contributed by atoms with Gasteiger partial charge in [0.1, 0.15) is 0 Å². The summed E-state index contributed by atoms with van der Waals surface area (Å²) in [5.74, 6) is 0. The zero-order valence-electron chi connectivity index (χ0n) is 17.3. The molecule has 2 aromatic rings. The molecule has 0 radical (unpaired) electrons. The number of rotatable bonds is 0. The molecule has 0 bridgehead atoms. The second-order valence-corrected chi connectivity index (χ2v) is 10.7. The van der Waals surface area contributed by atoms with Gasteiger partial charge in [-0.1, -0.05) is 0 Å². The smallest absolute Gasteiger partial charge is 0.147 e. The van der Waals surface area contributed by atoms with Gasteiger partial charge in [-0.3, -0.25) is 0 Å². The standard InChI is InChI=1S/C23H29.2ClH.Zr/c1-14-9-16-11-17-10-15(2)21(23(6,7)8)13-19(17)18(16)12-20(14)22(3,4)5;;;/h9,12-13H,11H2,1-8H3;2*1H;. The number of hydrogen-bond donors (Lipinski definition) is 0. The van der Waals surface area contributed by atoms with Gasteiger partial charge < -0.3 is 0 Å². The Bertz CT molecular complexity index is 837. The molecule has 0 unspecified atom stereocenters. The first kappa shape index (κ1) is 23.9. The van der Waals surface area contributed by atoms with Crippen LogP contribution in [0.25, 0.3) is 11.1 Å². The quantitative estimate of drug-likeness (QED) is 0.353. The molecule has 0 aromatic heterocycles. The summed E-state index contributed by atoms with van der Waals surface area (Å²) in [7, 11) is 0. The summed E-state index contributed by atoms with van der Waals surface area (Å²) in [6.07, 6.45) is 1.11. The van der Waals surface area contributed by atoms with Crippen LogP contribution in [0.2, 0.25) is 0 Å². The molecule has 0 heterocycles. The van der Waals surface area contributed by atoms with E-state index >= 15 is 0 Å². The van der Waals surface area contributed by atoms with Crippen LogP contribution in [0.4, 0.5) is 0 Å². The Morgan fingerprint density at radius 2 is 1.27 bits per heavy atom. The third-order valence-corrected chi connectivity index (χ3v) is 7.08. The van der Waals surface area contributed by atoms with Crippen molar-refractivity contribution in [2.75, 3.05) is 0 Å². The number of halogens is 2. The predicted octanol–water partition coefficient (Wildman–Crippen LogP) is 6.49. The molecule has 2 aromatic carbocycles. The Labute approximate surface area is 187 Å². The zero-order chi connectivity index (χ0) is 18.0. The van der Waals surface area contributed by atoms with Gasteiger partial charge in [-0.2, -0.15) is 0 Å². The average Bonchev–Trinajstić information content (AvgIpc) is 2.77. The van der Waals surface area contributed by atoms with Crippen molar-refractivity contribution in [1.82, 2.24) is 0 Å². The SMILES string of the molecule is Cc1cc2c(cc1C(C)(C)C)-c1cc(C(C)(C)C)c(C)[c]([Zr])c1C2.Cl.Cl. The molecule has 0 spiro atoms. The third-order valence-electron chi connectivity index (χ3n) is 5.42. The molecule has 3 rings (SSSR count). The summed E-state index contributed by atoms with van der Waals surface area (Å²) < 4.78 is 1.58. The van der Waals surface area contributed by atoms with Crippen LogP contribution < -0.4 is 3.27 Å². The summed E-state index contributed by atoms with van der Waals surface area (Å²) in [4.78, 5) is 0. The molecule has 0 atom stereocenters. The summed E-state index contributed by atoms with van der Waals surface area (Å²) in [5, 5.41) is 0. The van der Waals surface area contributed by atoms with Crippen LogP contribution in [-0.4, -0.2) is 0 Å². The first-order valence-electron chi connectivity index (χ1n) is 8.94. The Kier molecular flexibility index (Phi) is 7.12. The fourth-order valence-electron chi connectivity index (χ4n) is 4.20. The van der Waals surface area contributed by atoms with Crippen LogP contribution in [-0.2, 0) is 42.0 Å². The monoisotopic (exact) mass is 467 g/mol. The van der Waals surface area contributed by atoms with Crippen LogP contribution in [0.1, 0.15) is 74.9 Å². The fourth-order valence-corrected chi connectivity index (χ4v) is 5.08. The van der Waals surface area contributed by atoms with Gasteiger partial charge in [-0.25, -0.2) is 0 Å². The van der Waals surface area contributed by atoms with Crippen LogP contribution in [0.15, 0.2) is 18.2 Å². The minimum atomic E-state index is 0. The molecule has 0 aliphatic heterocycles. The van der Waals surface area contributed by atoms with E-state index in [9.17, 15) is 0 Å². The number of aryl methyl sites for hydroxylation is 1. The van der Waals surface area contributed by atoms with Crippen molar-refractivity contribution in [2.45, 2.75) is 72.6 Å². The summed E-state index contributed by atoms with van der Waals surface area (Å²) >= 11 is 1.55. The van der Waals surface area contributed by atoms with Crippen molar-refractivity contribution in [3.8, 4) is 11.1 Å². The maximum Gasteiger partial charge on any atom is -0.147 e. The van der Waals surface area contributed by atoms with Crippen molar-refractivity contribution >= 4 is 28.1 Å². The van der Waals surface area contributed by atoms with E-state index in [1.807, 2.05) is 0 Å². The number of fused-ring (bicyclic) bond motifs is 3. The number of benzene rings is 2. The van der Waals surface area contributed by atoms with Gasteiger partial charge >= 0.3 is 163 Å². The molecule has 141 valence electrons. The maximum absolute atomic E-state index is 2.49. The molecule has 0 saturated carbocycles.